The molecule has 3 rings (SSSR count). The average Bonchev–Trinajstić information content (AvgIpc) is 2.67. The lowest BCUT2D eigenvalue weighted by Gasteiger charge is -2.34. The van der Waals surface area contributed by atoms with Gasteiger partial charge in [-0.15, -0.1) is 0 Å². The second-order valence-corrected chi connectivity index (χ2v) is 5.87. The van der Waals surface area contributed by atoms with Crippen molar-refractivity contribution in [2.24, 2.45) is 11.0 Å². The van der Waals surface area contributed by atoms with E-state index in [1.165, 1.54) is 24.5 Å². The van der Waals surface area contributed by atoms with Crippen LogP contribution in [0.4, 0.5) is 13.2 Å². The maximum absolute atomic E-state index is 13.3. The molecule has 8 heteroatoms. The molecule has 2 atom stereocenters. The van der Waals surface area contributed by atoms with Crippen molar-refractivity contribution in [1.29, 1.82) is 0 Å². The topological polar surface area (TPSA) is 65.8 Å². The highest BCUT2D eigenvalue weighted by Gasteiger charge is 2.59. The van der Waals surface area contributed by atoms with Crippen molar-refractivity contribution in [1.82, 2.24) is 9.99 Å². The van der Waals surface area contributed by atoms with Crippen LogP contribution in [0.5, 0.6) is 0 Å². The fourth-order valence-corrected chi connectivity index (χ4v) is 3.28. The van der Waals surface area contributed by atoms with E-state index < -0.39 is 29.4 Å². The van der Waals surface area contributed by atoms with Gasteiger partial charge in [0.05, 0.1) is 11.5 Å². The molecule has 23 heavy (non-hydrogen) atoms. The summed E-state index contributed by atoms with van der Waals surface area (Å²) in [5.41, 5.74) is -2.90. The van der Waals surface area contributed by atoms with Crippen LogP contribution in [0.3, 0.4) is 0 Å². The normalized spacial score (nSPS) is 28.1. The van der Waals surface area contributed by atoms with Crippen LogP contribution < -0.4 is 0 Å². The standard InChI is InChI=1S/C15H16F3N3O2/c16-15(17,18)12-11-6-2-1-3-7-14(11,23)21(20-12)13(22)10-5-4-8-19-9-10/h4-5,8-9,11,23H,1-3,6-7H2. The molecular formula is C15H16F3N3O2. The van der Waals surface area contributed by atoms with E-state index in [2.05, 4.69) is 10.1 Å². The highest BCUT2D eigenvalue weighted by molar-refractivity contribution is 6.00. The van der Waals surface area contributed by atoms with Gasteiger partial charge in [0, 0.05) is 12.4 Å². The molecule has 0 saturated heterocycles. The van der Waals surface area contributed by atoms with Crippen LogP contribution in [0.15, 0.2) is 29.6 Å². The third-order valence-corrected chi connectivity index (χ3v) is 4.39. The third-order valence-electron chi connectivity index (χ3n) is 4.39. The minimum atomic E-state index is -4.67. The lowest BCUT2D eigenvalue weighted by atomic mass is 9.87. The predicted octanol–water partition coefficient (Wildman–Crippen LogP) is 2.72. The van der Waals surface area contributed by atoms with Gasteiger partial charge in [-0.1, -0.05) is 12.8 Å². The van der Waals surface area contributed by atoms with Crippen LogP contribution in [0.1, 0.15) is 42.5 Å². The van der Waals surface area contributed by atoms with E-state index in [-0.39, 0.29) is 18.4 Å². The Kier molecular flexibility index (Phi) is 3.87. The number of hydrazone groups is 1. The number of fused-ring (bicyclic) bond motifs is 1. The van der Waals surface area contributed by atoms with Gasteiger partial charge in [-0.3, -0.25) is 9.78 Å². The summed E-state index contributed by atoms with van der Waals surface area (Å²) in [6.45, 7) is 0. The van der Waals surface area contributed by atoms with Crippen LogP contribution in [-0.2, 0) is 0 Å². The molecule has 1 amide bonds. The van der Waals surface area contributed by atoms with Gasteiger partial charge in [-0.2, -0.15) is 23.3 Å². The minimum Gasteiger partial charge on any atom is -0.368 e. The maximum atomic E-state index is 13.3. The summed E-state index contributed by atoms with van der Waals surface area (Å²) >= 11 is 0. The Bertz CT molecular complexity index is 633. The number of hydrogen-bond acceptors (Lipinski definition) is 4. The molecule has 1 N–H and O–H groups in total. The molecule has 2 unspecified atom stereocenters. The van der Waals surface area contributed by atoms with Gasteiger partial charge < -0.3 is 5.11 Å². The van der Waals surface area contributed by atoms with Crippen molar-refractivity contribution < 1.29 is 23.1 Å². The molecule has 1 aliphatic carbocycles. The number of carbonyl (C=O) groups excluding carboxylic acids is 1. The van der Waals surface area contributed by atoms with E-state index in [1.807, 2.05) is 0 Å². The smallest absolute Gasteiger partial charge is 0.368 e. The molecule has 1 aromatic rings. The largest absolute Gasteiger partial charge is 0.431 e. The molecule has 0 spiro atoms. The van der Waals surface area contributed by atoms with Gasteiger partial charge in [0.25, 0.3) is 5.91 Å². The number of aromatic nitrogens is 1. The molecule has 1 saturated carbocycles. The monoisotopic (exact) mass is 327 g/mol. The molecule has 0 bridgehead atoms. The second kappa shape index (κ2) is 5.59. The first-order valence-electron chi connectivity index (χ1n) is 7.47. The Morgan fingerprint density at radius 2 is 2.13 bits per heavy atom. The maximum Gasteiger partial charge on any atom is 0.431 e. The van der Waals surface area contributed by atoms with Crippen molar-refractivity contribution >= 4 is 11.6 Å². The highest BCUT2D eigenvalue weighted by Crippen LogP contribution is 2.45. The quantitative estimate of drug-likeness (QED) is 0.862. The van der Waals surface area contributed by atoms with Gasteiger partial charge in [0.15, 0.2) is 5.72 Å². The zero-order valence-corrected chi connectivity index (χ0v) is 12.3. The summed E-state index contributed by atoms with van der Waals surface area (Å²) in [6, 6.07) is 2.94. The number of amides is 1. The van der Waals surface area contributed by atoms with Crippen LogP contribution in [0.2, 0.25) is 0 Å². The van der Waals surface area contributed by atoms with Gasteiger partial charge >= 0.3 is 6.18 Å². The summed E-state index contributed by atoms with van der Waals surface area (Å²) in [5, 5.41) is 15.0. The molecule has 1 fully saturated rings. The lowest BCUT2D eigenvalue weighted by Crippen LogP contribution is -2.51. The molecule has 124 valence electrons. The SMILES string of the molecule is O=C(c1cccnc1)N1N=C(C(F)(F)F)C2CCCCCC21O. The van der Waals surface area contributed by atoms with E-state index in [0.717, 1.165) is 6.42 Å². The van der Waals surface area contributed by atoms with E-state index in [9.17, 15) is 23.1 Å². The Morgan fingerprint density at radius 3 is 2.78 bits per heavy atom. The van der Waals surface area contributed by atoms with Gasteiger partial charge in [0.1, 0.15) is 5.71 Å². The van der Waals surface area contributed by atoms with Gasteiger partial charge in [-0.25, -0.2) is 0 Å². The first-order chi connectivity index (χ1) is 10.8. The third kappa shape index (κ3) is 2.71. The number of halogens is 3. The zero-order chi connectivity index (χ0) is 16.7. The molecule has 0 aromatic carbocycles. The number of alkyl halides is 3. The Balaban J connectivity index is 2.03. The first kappa shape index (κ1) is 15.9. The van der Waals surface area contributed by atoms with Gasteiger partial charge in [0.2, 0.25) is 0 Å². The number of nitrogens with zero attached hydrogens (tertiary/aromatic N) is 3. The summed E-state index contributed by atoms with van der Waals surface area (Å²) in [7, 11) is 0. The molecule has 1 aromatic heterocycles. The second-order valence-electron chi connectivity index (χ2n) is 5.87. The van der Waals surface area contributed by atoms with E-state index >= 15 is 0 Å². The van der Waals surface area contributed by atoms with Crippen molar-refractivity contribution in [3.05, 3.63) is 30.1 Å². The molecular weight excluding hydrogens is 311 g/mol. The number of hydrogen-bond donors (Lipinski definition) is 1. The fourth-order valence-electron chi connectivity index (χ4n) is 3.28. The predicted molar refractivity (Wildman–Crippen MR) is 75.4 cm³/mol. The Morgan fingerprint density at radius 1 is 1.35 bits per heavy atom. The van der Waals surface area contributed by atoms with Crippen LogP contribution >= 0.6 is 0 Å². The number of rotatable bonds is 1. The Labute approximate surface area is 130 Å². The lowest BCUT2D eigenvalue weighted by molar-refractivity contribution is -0.108. The summed E-state index contributed by atoms with van der Waals surface area (Å²) < 4.78 is 39.8. The van der Waals surface area contributed by atoms with Crippen LogP contribution in [-0.4, -0.2) is 38.6 Å². The highest BCUT2D eigenvalue weighted by atomic mass is 19.4. The van der Waals surface area contributed by atoms with Crippen molar-refractivity contribution in [2.45, 2.75) is 44.0 Å². The fraction of sp³-hybridized carbons (Fsp3) is 0.533. The number of pyridine rings is 1. The molecule has 1 aliphatic heterocycles. The van der Waals surface area contributed by atoms with Crippen LogP contribution in [0, 0.1) is 5.92 Å². The summed E-state index contributed by atoms with van der Waals surface area (Å²) in [4.78, 5) is 16.3. The Hall–Kier alpha value is -1.96. The summed E-state index contributed by atoms with van der Waals surface area (Å²) in [5.74, 6) is -1.97. The average molecular weight is 327 g/mol. The van der Waals surface area contributed by atoms with E-state index in [1.54, 1.807) is 0 Å². The molecule has 5 nitrogen and oxygen atoms in total. The van der Waals surface area contributed by atoms with Crippen molar-refractivity contribution in [3.8, 4) is 0 Å². The van der Waals surface area contributed by atoms with Crippen molar-refractivity contribution in [2.75, 3.05) is 0 Å². The molecule has 2 heterocycles. The van der Waals surface area contributed by atoms with Crippen molar-refractivity contribution in [3.63, 3.8) is 0 Å². The van der Waals surface area contributed by atoms with E-state index in [4.69, 9.17) is 0 Å². The van der Waals surface area contributed by atoms with Gasteiger partial charge in [-0.05, 0) is 31.4 Å². The minimum absolute atomic E-state index is 0.0761. The van der Waals surface area contributed by atoms with E-state index in [0.29, 0.717) is 17.9 Å². The number of aliphatic hydroxyl groups is 1. The molecule has 2 aliphatic rings. The summed E-state index contributed by atoms with van der Waals surface area (Å²) in [6.07, 6.45) is 0.0958. The van der Waals surface area contributed by atoms with Crippen LogP contribution in [0.25, 0.3) is 0 Å². The number of carbonyl (C=O) groups is 1. The molecule has 0 radical (unpaired) electrons. The first-order valence-corrected chi connectivity index (χ1v) is 7.47. The zero-order valence-electron chi connectivity index (χ0n) is 12.3.